The minimum absolute atomic E-state index is 0.167. The molecule has 3 aromatic rings. The number of nitrogens with zero attached hydrogens (tertiary/aromatic N) is 1. The van der Waals surface area contributed by atoms with Gasteiger partial charge in [0.15, 0.2) is 0 Å². The van der Waals surface area contributed by atoms with Crippen molar-refractivity contribution in [3.8, 4) is 0 Å². The molecule has 0 fully saturated rings. The molecular weight excluding hydrogens is 357 g/mol. The third-order valence-corrected chi connectivity index (χ3v) is 4.72. The molecule has 0 aliphatic rings. The van der Waals surface area contributed by atoms with E-state index in [9.17, 15) is 4.79 Å². The first kappa shape index (κ1) is 17.8. The van der Waals surface area contributed by atoms with Gasteiger partial charge < -0.3 is 9.30 Å². The normalized spacial score (nSPS) is 11.0. The van der Waals surface area contributed by atoms with E-state index in [4.69, 9.17) is 27.9 Å². The molecule has 0 unspecified atom stereocenters. The monoisotopic (exact) mass is 375 g/mol. The summed E-state index contributed by atoms with van der Waals surface area (Å²) in [4.78, 5) is 11.7. The van der Waals surface area contributed by atoms with Crippen LogP contribution in [0, 0.1) is 0 Å². The lowest BCUT2D eigenvalue weighted by Gasteiger charge is -2.08. The summed E-state index contributed by atoms with van der Waals surface area (Å²) in [6, 6.07) is 13.7. The lowest BCUT2D eigenvalue weighted by atomic mass is 10.1. The van der Waals surface area contributed by atoms with Crippen molar-refractivity contribution in [2.24, 2.45) is 0 Å². The van der Waals surface area contributed by atoms with Gasteiger partial charge in [-0.25, -0.2) is 0 Å². The molecule has 0 aliphatic heterocycles. The highest BCUT2D eigenvalue weighted by molar-refractivity contribution is 6.35. The topological polar surface area (TPSA) is 31.2 Å². The summed E-state index contributed by atoms with van der Waals surface area (Å²) in [5.41, 5.74) is 3.25. The van der Waals surface area contributed by atoms with Crippen molar-refractivity contribution < 1.29 is 9.53 Å². The van der Waals surface area contributed by atoms with Crippen molar-refractivity contribution in [2.45, 2.75) is 26.3 Å². The number of rotatable bonds is 6. The Labute approximate surface area is 157 Å². The third kappa shape index (κ3) is 4.17. The second-order valence-electron chi connectivity index (χ2n) is 5.84. The molecule has 0 atom stereocenters. The highest BCUT2D eigenvalue weighted by Gasteiger charge is 2.12. The molecule has 1 aromatic heterocycles. The first-order chi connectivity index (χ1) is 12.1. The highest BCUT2D eigenvalue weighted by atomic mass is 35.5. The predicted molar refractivity (Wildman–Crippen MR) is 102 cm³/mol. The minimum Gasteiger partial charge on any atom is -0.466 e. The summed E-state index contributed by atoms with van der Waals surface area (Å²) < 4.78 is 7.19. The summed E-state index contributed by atoms with van der Waals surface area (Å²) in [6.07, 6.45) is 3.12. The Morgan fingerprint density at radius 1 is 1.12 bits per heavy atom. The third-order valence-electron chi connectivity index (χ3n) is 4.13. The van der Waals surface area contributed by atoms with Gasteiger partial charge in [-0.15, -0.1) is 0 Å². The average molecular weight is 376 g/mol. The van der Waals surface area contributed by atoms with E-state index in [2.05, 4.69) is 22.9 Å². The van der Waals surface area contributed by atoms with Crippen molar-refractivity contribution in [1.82, 2.24) is 4.57 Å². The molecule has 2 aromatic carbocycles. The molecule has 0 saturated carbocycles. The maximum atomic E-state index is 11.7. The molecule has 130 valence electrons. The molecule has 25 heavy (non-hydrogen) atoms. The second-order valence-corrected chi connectivity index (χ2v) is 6.68. The summed E-state index contributed by atoms with van der Waals surface area (Å²) in [7, 11) is 0. The zero-order chi connectivity index (χ0) is 17.8. The summed E-state index contributed by atoms with van der Waals surface area (Å²) >= 11 is 12.3. The number of ether oxygens (including phenoxy) is 1. The number of halogens is 2. The number of para-hydroxylation sites is 1. The van der Waals surface area contributed by atoms with Crippen LogP contribution in [0.15, 0.2) is 48.7 Å². The van der Waals surface area contributed by atoms with E-state index in [0.29, 0.717) is 36.0 Å². The fraction of sp³-hybridized carbons (Fsp3) is 0.250. The molecule has 0 radical (unpaired) electrons. The van der Waals surface area contributed by atoms with Crippen LogP contribution in [0.3, 0.4) is 0 Å². The number of aromatic nitrogens is 1. The molecule has 1 heterocycles. The molecular formula is C20H19Cl2NO2. The molecule has 0 spiro atoms. The molecule has 0 amide bonds. The van der Waals surface area contributed by atoms with Crippen LogP contribution in [0.2, 0.25) is 10.0 Å². The zero-order valence-corrected chi connectivity index (χ0v) is 15.5. The van der Waals surface area contributed by atoms with Gasteiger partial charge in [-0.3, -0.25) is 4.79 Å². The van der Waals surface area contributed by atoms with E-state index in [1.165, 1.54) is 0 Å². The van der Waals surface area contributed by atoms with Crippen LogP contribution in [-0.2, 0) is 22.5 Å². The number of hydrogen-bond acceptors (Lipinski definition) is 2. The molecule has 0 N–H and O–H groups in total. The zero-order valence-electron chi connectivity index (χ0n) is 14.0. The number of esters is 1. The van der Waals surface area contributed by atoms with Gasteiger partial charge in [0, 0.05) is 40.1 Å². The Balaban J connectivity index is 1.89. The van der Waals surface area contributed by atoms with E-state index >= 15 is 0 Å². The van der Waals surface area contributed by atoms with Gasteiger partial charge in [-0.2, -0.15) is 0 Å². The van der Waals surface area contributed by atoms with E-state index in [1.54, 1.807) is 6.07 Å². The van der Waals surface area contributed by atoms with Crippen molar-refractivity contribution in [3.05, 3.63) is 69.8 Å². The minimum atomic E-state index is -0.167. The van der Waals surface area contributed by atoms with E-state index < -0.39 is 0 Å². The summed E-state index contributed by atoms with van der Waals surface area (Å²) in [6.45, 7) is 2.88. The lowest BCUT2D eigenvalue weighted by Crippen LogP contribution is -2.05. The number of hydrogen-bond donors (Lipinski definition) is 0. The number of benzene rings is 2. The Morgan fingerprint density at radius 3 is 2.68 bits per heavy atom. The number of carbonyl (C=O) groups excluding carboxylic acids is 1. The van der Waals surface area contributed by atoms with Crippen LogP contribution in [0.4, 0.5) is 0 Å². The molecule has 3 nitrogen and oxygen atoms in total. The Hall–Kier alpha value is -1.97. The van der Waals surface area contributed by atoms with Crippen molar-refractivity contribution in [3.63, 3.8) is 0 Å². The van der Waals surface area contributed by atoms with Gasteiger partial charge in [-0.1, -0.05) is 47.5 Å². The Kier molecular flexibility index (Phi) is 5.67. The summed E-state index contributed by atoms with van der Waals surface area (Å²) in [5.74, 6) is -0.167. The fourth-order valence-electron chi connectivity index (χ4n) is 2.96. The van der Waals surface area contributed by atoms with E-state index in [0.717, 1.165) is 22.0 Å². The first-order valence-corrected chi connectivity index (χ1v) is 9.00. The van der Waals surface area contributed by atoms with Crippen LogP contribution in [0.5, 0.6) is 0 Å². The van der Waals surface area contributed by atoms with Gasteiger partial charge in [0.2, 0.25) is 0 Å². The molecule has 0 aliphatic carbocycles. The fourth-order valence-corrected chi connectivity index (χ4v) is 3.42. The number of carbonyl (C=O) groups is 1. The van der Waals surface area contributed by atoms with Crippen LogP contribution >= 0.6 is 23.2 Å². The van der Waals surface area contributed by atoms with E-state index in [-0.39, 0.29) is 5.97 Å². The smallest absolute Gasteiger partial charge is 0.306 e. The number of fused-ring (bicyclic) bond motifs is 1. The van der Waals surface area contributed by atoms with Crippen molar-refractivity contribution in [1.29, 1.82) is 0 Å². The lowest BCUT2D eigenvalue weighted by molar-refractivity contribution is -0.143. The maximum absolute atomic E-state index is 11.7. The SMILES string of the molecule is CCOC(=O)CCc1cn(Cc2ccc(Cl)cc2Cl)c2ccccc12. The van der Waals surface area contributed by atoms with Crippen LogP contribution in [0.25, 0.3) is 10.9 Å². The Bertz CT molecular complexity index is 902. The predicted octanol–water partition coefficient (Wildman–Crippen LogP) is 5.49. The van der Waals surface area contributed by atoms with Gasteiger partial charge in [0.1, 0.15) is 0 Å². The highest BCUT2D eigenvalue weighted by Crippen LogP contribution is 2.26. The molecule has 0 saturated heterocycles. The quantitative estimate of drug-likeness (QED) is 0.533. The molecule has 0 bridgehead atoms. The first-order valence-electron chi connectivity index (χ1n) is 8.24. The molecule has 3 rings (SSSR count). The second kappa shape index (κ2) is 7.94. The number of aryl methyl sites for hydroxylation is 1. The van der Waals surface area contributed by atoms with Crippen molar-refractivity contribution in [2.75, 3.05) is 6.61 Å². The van der Waals surface area contributed by atoms with Gasteiger partial charge in [-0.05, 0) is 42.7 Å². The van der Waals surface area contributed by atoms with Crippen LogP contribution in [-0.4, -0.2) is 17.1 Å². The standard InChI is InChI=1S/C20H19Cl2NO2/c1-2-25-20(24)10-8-14-12-23(19-6-4-3-5-17(14)19)13-15-7-9-16(21)11-18(15)22/h3-7,9,11-12H,2,8,10,13H2,1H3. The summed E-state index contributed by atoms with van der Waals surface area (Å²) in [5, 5.41) is 2.43. The Morgan fingerprint density at radius 2 is 1.92 bits per heavy atom. The van der Waals surface area contributed by atoms with Gasteiger partial charge in [0.05, 0.1) is 6.61 Å². The van der Waals surface area contributed by atoms with Crippen LogP contribution < -0.4 is 0 Å². The van der Waals surface area contributed by atoms with Gasteiger partial charge in [0.25, 0.3) is 0 Å². The van der Waals surface area contributed by atoms with Crippen molar-refractivity contribution >= 4 is 40.1 Å². The average Bonchev–Trinajstić information content (AvgIpc) is 2.94. The van der Waals surface area contributed by atoms with E-state index in [1.807, 2.05) is 31.2 Å². The van der Waals surface area contributed by atoms with Gasteiger partial charge >= 0.3 is 5.97 Å². The largest absolute Gasteiger partial charge is 0.466 e. The van der Waals surface area contributed by atoms with Crippen LogP contribution in [0.1, 0.15) is 24.5 Å². The maximum Gasteiger partial charge on any atom is 0.306 e. The molecule has 5 heteroatoms.